The number of hydrogen-bond donors (Lipinski definition) is 1. The fourth-order valence-electron chi connectivity index (χ4n) is 3.68. The molecular weight excluding hydrogens is 384 g/mol. The average molecular weight is 417 g/mol. The van der Waals surface area contributed by atoms with Crippen molar-refractivity contribution in [3.8, 4) is 0 Å². The standard InChI is InChI=1S/C28H32O3/c1-2-3-4-14-21-30-27(22-29)23-31-28(24-15-8-5-9-16-24,25-17-10-6-11-18-25)26-19-12-7-13-20-26/h5-21,27,29H,2-4,22-23H2,1H3. The molecule has 3 aromatic rings. The van der Waals surface area contributed by atoms with Crippen molar-refractivity contribution in [1.82, 2.24) is 0 Å². The summed E-state index contributed by atoms with van der Waals surface area (Å²) in [6, 6.07) is 30.7. The normalized spacial score (nSPS) is 12.7. The summed E-state index contributed by atoms with van der Waals surface area (Å²) < 4.78 is 12.5. The lowest BCUT2D eigenvalue weighted by Crippen LogP contribution is -2.37. The van der Waals surface area contributed by atoms with Crippen molar-refractivity contribution >= 4 is 0 Å². The van der Waals surface area contributed by atoms with Crippen LogP contribution in [0.3, 0.4) is 0 Å². The van der Waals surface area contributed by atoms with Gasteiger partial charge in [-0.2, -0.15) is 0 Å². The van der Waals surface area contributed by atoms with Crippen LogP contribution in [0.15, 0.2) is 103 Å². The molecule has 0 fully saturated rings. The molecule has 0 aliphatic heterocycles. The van der Waals surface area contributed by atoms with Gasteiger partial charge in [-0.1, -0.05) is 104 Å². The number of aliphatic hydroxyl groups excluding tert-OH is 1. The Balaban J connectivity index is 1.95. The summed E-state index contributed by atoms with van der Waals surface area (Å²) in [4.78, 5) is 0. The third kappa shape index (κ3) is 5.84. The molecule has 3 rings (SSSR count). The molecule has 0 aliphatic rings. The van der Waals surface area contributed by atoms with Crippen LogP contribution in [0.1, 0.15) is 42.9 Å². The van der Waals surface area contributed by atoms with Gasteiger partial charge >= 0.3 is 0 Å². The first-order chi connectivity index (χ1) is 15.3. The van der Waals surface area contributed by atoms with Crippen molar-refractivity contribution < 1.29 is 14.6 Å². The fraction of sp³-hybridized carbons (Fsp3) is 0.286. The Bertz CT molecular complexity index is 795. The number of hydrogen-bond acceptors (Lipinski definition) is 3. The number of aliphatic hydroxyl groups is 1. The Labute approximate surface area is 186 Å². The van der Waals surface area contributed by atoms with E-state index >= 15 is 0 Å². The molecular formula is C28H32O3. The molecule has 0 radical (unpaired) electrons. The molecule has 0 amide bonds. The number of allylic oxidation sites excluding steroid dienone is 1. The molecule has 0 spiro atoms. The molecule has 3 nitrogen and oxygen atoms in total. The van der Waals surface area contributed by atoms with Crippen LogP contribution in [-0.4, -0.2) is 24.4 Å². The van der Waals surface area contributed by atoms with E-state index in [2.05, 4.69) is 43.3 Å². The van der Waals surface area contributed by atoms with Crippen LogP contribution in [-0.2, 0) is 15.1 Å². The third-order valence-corrected chi connectivity index (χ3v) is 5.32. The Hall–Kier alpha value is -2.88. The maximum absolute atomic E-state index is 9.90. The van der Waals surface area contributed by atoms with E-state index in [4.69, 9.17) is 9.47 Å². The minimum Gasteiger partial charge on any atom is -0.494 e. The van der Waals surface area contributed by atoms with Crippen LogP contribution >= 0.6 is 0 Å². The maximum Gasteiger partial charge on any atom is 0.144 e. The molecule has 3 aromatic carbocycles. The lowest BCUT2D eigenvalue weighted by molar-refractivity contribution is -0.0568. The molecule has 0 saturated carbocycles. The highest BCUT2D eigenvalue weighted by molar-refractivity contribution is 5.47. The Morgan fingerprint density at radius 2 is 1.29 bits per heavy atom. The Morgan fingerprint density at radius 3 is 1.71 bits per heavy atom. The van der Waals surface area contributed by atoms with Crippen LogP contribution in [0, 0.1) is 0 Å². The van der Waals surface area contributed by atoms with Gasteiger partial charge in [0.15, 0.2) is 0 Å². The van der Waals surface area contributed by atoms with E-state index in [1.54, 1.807) is 6.26 Å². The van der Waals surface area contributed by atoms with Crippen molar-refractivity contribution in [3.63, 3.8) is 0 Å². The van der Waals surface area contributed by atoms with Gasteiger partial charge in [0.1, 0.15) is 11.7 Å². The van der Waals surface area contributed by atoms with Gasteiger partial charge in [-0.05, 0) is 35.6 Å². The lowest BCUT2D eigenvalue weighted by Gasteiger charge is -2.36. The number of ether oxygens (including phenoxy) is 2. The van der Waals surface area contributed by atoms with E-state index in [-0.39, 0.29) is 13.2 Å². The molecule has 0 aliphatic carbocycles. The SMILES string of the molecule is CCCCC=COC(CO)COC(c1ccccc1)(c1ccccc1)c1ccccc1. The van der Waals surface area contributed by atoms with Crippen molar-refractivity contribution in [2.45, 2.75) is 37.9 Å². The first-order valence-corrected chi connectivity index (χ1v) is 11.0. The predicted molar refractivity (Wildman–Crippen MR) is 126 cm³/mol. The van der Waals surface area contributed by atoms with Gasteiger partial charge in [-0.3, -0.25) is 0 Å². The van der Waals surface area contributed by atoms with Crippen molar-refractivity contribution in [3.05, 3.63) is 120 Å². The van der Waals surface area contributed by atoms with E-state index in [0.717, 1.165) is 36.0 Å². The highest BCUT2D eigenvalue weighted by Crippen LogP contribution is 2.40. The zero-order valence-corrected chi connectivity index (χ0v) is 18.2. The summed E-state index contributed by atoms with van der Waals surface area (Å²) in [6.45, 7) is 2.29. The second-order valence-electron chi connectivity index (χ2n) is 7.54. The first kappa shape index (κ1) is 22.8. The molecule has 1 atom stereocenters. The van der Waals surface area contributed by atoms with Gasteiger partial charge in [0, 0.05) is 0 Å². The van der Waals surface area contributed by atoms with Crippen LogP contribution in [0.4, 0.5) is 0 Å². The number of unbranched alkanes of at least 4 members (excludes halogenated alkanes) is 2. The van der Waals surface area contributed by atoms with Gasteiger partial charge < -0.3 is 14.6 Å². The molecule has 3 heteroatoms. The Morgan fingerprint density at radius 1 is 0.806 bits per heavy atom. The first-order valence-electron chi connectivity index (χ1n) is 11.0. The maximum atomic E-state index is 9.90. The van der Waals surface area contributed by atoms with Crippen LogP contribution in [0.5, 0.6) is 0 Å². The van der Waals surface area contributed by atoms with Gasteiger partial charge in [-0.25, -0.2) is 0 Å². The molecule has 1 N–H and O–H groups in total. The van der Waals surface area contributed by atoms with Crippen LogP contribution < -0.4 is 0 Å². The zero-order chi connectivity index (χ0) is 21.8. The lowest BCUT2D eigenvalue weighted by atomic mass is 9.80. The molecule has 0 bridgehead atoms. The van der Waals surface area contributed by atoms with E-state index in [0.29, 0.717) is 0 Å². The summed E-state index contributed by atoms with van der Waals surface area (Å²) in [5, 5.41) is 9.90. The van der Waals surface area contributed by atoms with Crippen molar-refractivity contribution in [2.75, 3.05) is 13.2 Å². The molecule has 0 heterocycles. The van der Waals surface area contributed by atoms with E-state index in [1.165, 1.54) is 0 Å². The second kappa shape index (κ2) is 12.1. The van der Waals surface area contributed by atoms with Gasteiger partial charge in [0.2, 0.25) is 0 Å². The second-order valence-corrected chi connectivity index (χ2v) is 7.54. The minimum absolute atomic E-state index is 0.118. The summed E-state index contributed by atoms with van der Waals surface area (Å²) in [7, 11) is 0. The third-order valence-electron chi connectivity index (χ3n) is 5.32. The zero-order valence-electron chi connectivity index (χ0n) is 18.2. The Kier molecular flexibility index (Phi) is 8.89. The molecule has 31 heavy (non-hydrogen) atoms. The van der Waals surface area contributed by atoms with Gasteiger partial charge in [0.05, 0.1) is 19.5 Å². The quantitative estimate of drug-likeness (QED) is 0.221. The summed E-state index contributed by atoms with van der Waals surface area (Å²) in [6.07, 6.45) is 6.48. The monoisotopic (exact) mass is 416 g/mol. The van der Waals surface area contributed by atoms with Crippen molar-refractivity contribution in [1.29, 1.82) is 0 Å². The number of rotatable bonds is 12. The van der Waals surface area contributed by atoms with E-state index in [9.17, 15) is 5.11 Å². The smallest absolute Gasteiger partial charge is 0.144 e. The molecule has 0 saturated heterocycles. The number of benzene rings is 3. The molecule has 162 valence electrons. The topological polar surface area (TPSA) is 38.7 Å². The highest BCUT2D eigenvalue weighted by Gasteiger charge is 2.38. The molecule has 1 unspecified atom stereocenters. The molecule has 0 aromatic heterocycles. The van der Waals surface area contributed by atoms with Gasteiger partial charge in [0.25, 0.3) is 0 Å². The average Bonchev–Trinajstić information content (AvgIpc) is 2.85. The van der Waals surface area contributed by atoms with E-state index < -0.39 is 11.7 Å². The predicted octanol–water partition coefficient (Wildman–Crippen LogP) is 6.08. The highest BCUT2D eigenvalue weighted by atomic mass is 16.5. The van der Waals surface area contributed by atoms with Crippen LogP contribution in [0.2, 0.25) is 0 Å². The summed E-state index contributed by atoms with van der Waals surface area (Å²) in [5.74, 6) is 0. The minimum atomic E-state index is -0.813. The fourth-order valence-corrected chi connectivity index (χ4v) is 3.68. The summed E-state index contributed by atoms with van der Waals surface area (Å²) >= 11 is 0. The van der Waals surface area contributed by atoms with Crippen LogP contribution in [0.25, 0.3) is 0 Å². The van der Waals surface area contributed by atoms with Gasteiger partial charge in [-0.15, -0.1) is 0 Å². The van der Waals surface area contributed by atoms with E-state index in [1.807, 2.05) is 60.7 Å². The summed E-state index contributed by atoms with van der Waals surface area (Å²) in [5.41, 5.74) is 2.28. The van der Waals surface area contributed by atoms with Crippen molar-refractivity contribution in [2.24, 2.45) is 0 Å². The largest absolute Gasteiger partial charge is 0.494 e.